The van der Waals surface area contributed by atoms with Crippen LogP contribution in [-0.4, -0.2) is 70.7 Å². The van der Waals surface area contributed by atoms with Crippen LogP contribution in [0.2, 0.25) is 0 Å². The number of aryl methyl sites for hydroxylation is 1. The van der Waals surface area contributed by atoms with Gasteiger partial charge in [-0.05, 0) is 56.2 Å². The Morgan fingerprint density at radius 1 is 0.853 bits per heavy atom. The molecule has 1 atom stereocenters. The Bertz CT molecular complexity index is 1220. The van der Waals surface area contributed by atoms with E-state index >= 15 is 0 Å². The first-order valence-corrected chi connectivity index (χ1v) is 14.1. The highest BCUT2D eigenvalue weighted by atomic mass is 32.2. The molecule has 184 valence electrons. The first kappa shape index (κ1) is 24.8. The molecule has 4 rings (SSSR count). The van der Waals surface area contributed by atoms with Gasteiger partial charge in [0.05, 0.1) is 28.9 Å². The molecule has 0 saturated carbocycles. The molecule has 0 radical (unpaired) electrons. The van der Waals surface area contributed by atoms with Gasteiger partial charge in [-0.3, -0.25) is 4.79 Å². The standard InChI is InChI=1S/C23H29N3O6S2/c1-18-4-8-21(9-5-18)34(30,31)26-12-2-3-19(17-26)23(27)24-20-6-10-22(11-7-20)33(28,29)25-13-15-32-16-14-25/h4-11,19H,2-3,12-17H2,1H3,(H,24,27)/t19-/m0/s1. The number of piperidine rings is 1. The maximum Gasteiger partial charge on any atom is 0.243 e. The molecule has 2 aromatic carbocycles. The van der Waals surface area contributed by atoms with Gasteiger partial charge in [-0.15, -0.1) is 0 Å². The van der Waals surface area contributed by atoms with Crippen molar-refractivity contribution < 1.29 is 26.4 Å². The lowest BCUT2D eigenvalue weighted by atomic mass is 9.99. The van der Waals surface area contributed by atoms with Crippen molar-refractivity contribution in [3.05, 3.63) is 54.1 Å². The number of sulfonamides is 2. The fourth-order valence-corrected chi connectivity index (χ4v) is 7.06. The second-order valence-electron chi connectivity index (χ2n) is 8.55. The molecular weight excluding hydrogens is 478 g/mol. The van der Waals surface area contributed by atoms with E-state index in [4.69, 9.17) is 4.74 Å². The Balaban J connectivity index is 1.41. The molecule has 0 unspecified atom stereocenters. The molecule has 2 saturated heterocycles. The van der Waals surface area contributed by atoms with Gasteiger partial charge >= 0.3 is 0 Å². The second kappa shape index (κ2) is 10.1. The third-order valence-electron chi connectivity index (χ3n) is 6.14. The maximum atomic E-state index is 13.0. The number of nitrogens with zero attached hydrogens (tertiary/aromatic N) is 2. The third-order valence-corrected chi connectivity index (χ3v) is 9.94. The molecular formula is C23H29N3O6S2. The molecule has 2 fully saturated rings. The second-order valence-corrected chi connectivity index (χ2v) is 12.4. The summed E-state index contributed by atoms with van der Waals surface area (Å²) in [6, 6.07) is 12.7. The van der Waals surface area contributed by atoms with Crippen molar-refractivity contribution >= 4 is 31.6 Å². The topological polar surface area (TPSA) is 113 Å². The molecule has 11 heteroatoms. The first-order chi connectivity index (χ1) is 16.2. The van der Waals surface area contributed by atoms with Crippen molar-refractivity contribution in [2.75, 3.05) is 44.7 Å². The summed E-state index contributed by atoms with van der Waals surface area (Å²) in [6.07, 6.45) is 1.16. The monoisotopic (exact) mass is 507 g/mol. The predicted octanol–water partition coefficient (Wildman–Crippen LogP) is 2.06. The van der Waals surface area contributed by atoms with Gasteiger partial charge < -0.3 is 10.1 Å². The van der Waals surface area contributed by atoms with Crippen LogP contribution in [0.15, 0.2) is 58.3 Å². The van der Waals surface area contributed by atoms with Crippen molar-refractivity contribution in [2.45, 2.75) is 29.6 Å². The molecule has 1 N–H and O–H groups in total. The summed E-state index contributed by atoms with van der Waals surface area (Å²) < 4.78 is 59.5. The number of amides is 1. The van der Waals surface area contributed by atoms with Crippen LogP contribution in [0.3, 0.4) is 0 Å². The number of morpholine rings is 1. The number of hydrogen-bond acceptors (Lipinski definition) is 6. The van der Waals surface area contributed by atoms with Crippen LogP contribution < -0.4 is 5.32 Å². The molecule has 2 aliphatic rings. The minimum absolute atomic E-state index is 0.103. The summed E-state index contributed by atoms with van der Waals surface area (Å²) >= 11 is 0. The molecule has 0 spiro atoms. The van der Waals surface area contributed by atoms with Crippen molar-refractivity contribution in [2.24, 2.45) is 5.92 Å². The van der Waals surface area contributed by atoms with Crippen molar-refractivity contribution in [1.29, 1.82) is 0 Å². The summed E-state index contributed by atoms with van der Waals surface area (Å²) in [4.78, 5) is 13.2. The molecule has 0 bridgehead atoms. The zero-order valence-corrected chi connectivity index (χ0v) is 20.6. The number of ether oxygens (including phenoxy) is 1. The van der Waals surface area contributed by atoms with Crippen molar-refractivity contribution in [3.63, 3.8) is 0 Å². The van der Waals surface area contributed by atoms with Crippen LogP contribution in [0.4, 0.5) is 5.69 Å². The summed E-state index contributed by atoms with van der Waals surface area (Å²) in [6.45, 7) is 3.72. The number of hydrogen-bond donors (Lipinski definition) is 1. The van der Waals surface area contributed by atoms with E-state index in [1.807, 2.05) is 6.92 Å². The summed E-state index contributed by atoms with van der Waals surface area (Å²) in [5.74, 6) is -0.779. The van der Waals surface area contributed by atoms with Gasteiger partial charge in [-0.25, -0.2) is 16.8 Å². The number of rotatable bonds is 6. The summed E-state index contributed by atoms with van der Waals surface area (Å²) in [5, 5.41) is 2.80. The van der Waals surface area contributed by atoms with Crippen LogP contribution >= 0.6 is 0 Å². The van der Waals surface area contributed by atoms with Crippen molar-refractivity contribution in [3.8, 4) is 0 Å². The highest BCUT2D eigenvalue weighted by Crippen LogP contribution is 2.26. The van der Waals surface area contributed by atoms with Gasteiger partial charge in [0.15, 0.2) is 0 Å². The van der Waals surface area contributed by atoms with Crippen LogP contribution in [0.5, 0.6) is 0 Å². The number of carbonyl (C=O) groups excluding carboxylic acids is 1. The van der Waals surface area contributed by atoms with Gasteiger partial charge in [-0.1, -0.05) is 17.7 Å². The molecule has 2 heterocycles. The number of anilines is 1. The SMILES string of the molecule is Cc1ccc(S(=O)(=O)N2CCC[C@H](C(=O)Nc3ccc(S(=O)(=O)N4CCOCC4)cc3)C2)cc1. The molecule has 2 aliphatic heterocycles. The van der Waals surface area contributed by atoms with E-state index in [9.17, 15) is 21.6 Å². The van der Waals surface area contributed by atoms with Gasteiger partial charge in [0, 0.05) is 31.9 Å². The maximum absolute atomic E-state index is 13.0. The van der Waals surface area contributed by atoms with E-state index in [1.165, 1.54) is 20.7 Å². The zero-order valence-electron chi connectivity index (χ0n) is 19.0. The largest absolute Gasteiger partial charge is 0.379 e. The summed E-state index contributed by atoms with van der Waals surface area (Å²) in [7, 11) is -7.29. The van der Waals surface area contributed by atoms with Gasteiger partial charge in [0.2, 0.25) is 26.0 Å². The van der Waals surface area contributed by atoms with E-state index in [-0.39, 0.29) is 22.2 Å². The molecule has 0 aromatic heterocycles. The number of carbonyl (C=O) groups is 1. The highest BCUT2D eigenvalue weighted by molar-refractivity contribution is 7.89. The van der Waals surface area contributed by atoms with Crippen LogP contribution in [0.25, 0.3) is 0 Å². The zero-order chi connectivity index (χ0) is 24.3. The molecule has 0 aliphatic carbocycles. The Hall–Kier alpha value is -2.31. The normalized spacial score (nSPS) is 20.7. The Morgan fingerprint density at radius 2 is 1.41 bits per heavy atom. The van der Waals surface area contributed by atoms with E-state index < -0.39 is 26.0 Å². The molecule has 1 amide bonds. The average Bonchev–Trinajstić information content (AvgIpc) is 2.85. The van der Waals surface area contributed by atoms with Gasteiger partial charge in [-0.2, -0.15) is 8.61 Å². The minimum Gasteiger partial charge on any atom is -0.379 e. The smallest absolute Gasteiger partial charge is 0.243 e. The Morgan fingerprint density at radius 3 is 2.03 bits per heavy atom. The van der Waals surface area contributed by atoms with E-state index in [0.717, 1.165) is 5.56 Å². The lowest BCUT2D eigenvalue weighted by molar-refractivity contribution is -0.120. The third kappa shape index (κ3) is 5.33. The minimum atomic E-state index is -3.68. The van der Waals surface area contributed by atoms with Gasteiger partial charge in [0.25, 0.3) is 0 Å². The molecule has 9 nitrogen and oxygen atoms in total. The first-order valence-electron chi connectivity index (χ1n) is 11.2. The molecule has 34 heavy (non-hydrogen) atoms. The highest BCUT2D eigenvalue weighted by Gasteiger charge is 2.33. The predicted molar refractivity (Wildman–Crippen MR) is 127 cm³/mol. The summed E-state index contributed by atoms with van der Waals surface area (Å²) in [5.41, 5.74) is 1.43. The van der Waals surface area contributed by atoms with Crippen LogP contribution in [0, 0.1) is 12.8 Å². The fraction of sp³-hybridized carbons (Fsp3) is 0.435. The molecule has 2 aromatic rings. The number of benzene rings is 2. The Kier molecular flexibility index (Phi) is 7.39. The lowest BCUT2D eigenvalue weighted by Gasteiger charge is -2.31. The lowest BCUT2D eigenvalue weighted by Crippen LogP contribution is -2.43. The van der Waals surface area contributed by atoms with Crippen LogP contribution in [0.1, 0.15) is 18.4 Å². The van der Waals surface area contributed by atoms with Gasteiger partial charge in [0.1, 0.15) is 0 Å². The Labute approximate surface area is 200 Å². The van der Waals surface area contributed by atoms with E-state index in [0.29, 0.717) is 51.4 Å². The fourth-order valence-electron chi connectivity index (χ4n) is 4.12. The number of nitrogens with one attached hydrogen (secondary N) is 1. The quantitative estimate of drug-likeness (QED) is 0.640. The van der Waals surface area contributed by atoms with E-state index in [2.05, 4.69) is 5.32 Å². The van der Waals surface area contributed by atoms with E-state index in [1.54, 1.807) is 36.4 Å². The average molecular weight is 508 g/mol. The van der Waals surface area contributed by atoms with Crippen molar-refractivity contribution in [1.82, 2.24) is 8.61 Å². The van der Waals surface area contributed by atoms with Crippen LogP contribution in [-0.2, 0) is 29.6 Å².